The maximum atomic E-state index is 11.2. The SMILES string of the molecule is CSCC(=O)N1CC(CC(=O)O)C1. The Balaban J connectivity index is 2.17. The molecule has 0 radical (unpaired) electrons. The van der Waals surface area contributed by atoms with Gasteiger partial charge in [0.25, 0.3) is 0 Å². The number of aliphatic carboxylic acids is 1. The van der Waals surface area contributed by atoms with Crippen molar-refractivity contribution in [3.8, 4) is 0 Å². The van der Waals surface area contributed by atoms with Crippen molar-refractivity contribution >= 4 is 23.6 Å². The summed E-state index contributed by atoms with van der Waals surface area (Å²) in [5.41, 5.74) is 0. The minimum absolute atomic E-state index is 0.120. The van der Waals surface area contributed by atoms with E-state index in [4.69, 9.17) is 5.11 Å². The molecule has 1 fully saturated rings. The Morgan fingerprint density at radius 2 is 2.15 bits per heavy atom. The zero-order chi connectivity index (χ0) is 9.84. The van der Waals surface area contributed by atoms with Gasteiger partial charge in [0.2, 0.25) is 5.91 Å². The second kappa shape index (κ2) is 4.50. The first kappa shape index (κ1) is 10.4. The molecule has 13 heavy (non-hydrogen) atoms. The van der Waals surface area contributed by atoms with E-state index in [2.05, 4.69) is 0 Å². The highest BCUT2D eigenvalue weighted by Crippen LogP contribution is 2.19. The van der Waals surface area contributed by atoms with E-state index in [0.29, 0.717) is 18.8 Å². The van der Waals surface area contributed by atoms with E-state index in [1.165, 1.54) is 11.8 Å². The third-order valence-corrected chi connectivity index (χ3v) is 2.58. The monoisotopic (exact) mass is 203 g/mol. The van der Waals surface area contributed by atoms with Crippen molar-refractivity contribution in [2.75, 3.05) is 25.1 Å². The first-order valence-electron chi connectivity index (χ1n) is 4.12. The summed E-state index contributed by atoms with van der Waals surface area (Å²) < 4.78 is 0. The molecule has 5 heteroatoms. The summed E-state index contributed by atoms with van der Waals surface area (Å²) in [7, 11) is 0. The van der Waals surface area contributed by atoms with Gasteiger partial charge in [-0.3, -0.25) is 9.59 Å². The molecular weight excluding hydrogens is 190 g/mol. The van der Waals surface area contributed by atoms with Gasteiger partial charge in [-0.15, -0.1) is 0 Å². The number of nitrogens with zero attached hydrogens (tertiary/aromatic N) is 1. The number of carbonyl (C=O) groups is 2. The maximum Gasteiger partial charge on any atom is 0.303 e. The van der Waals surface area contributed by atoms with E-state index in [1.807, 2.05) is 6.26 Å². The zero-order valence-corrected chi connectivity index (χ0v) is 8.34. The molecule has 0 unspecified atom stereocenters. The fourth-order valence-electron chi connectivity index (χ4n) is 1.36. The summed E-state index contributed by atoms with van der Waals surface area (Å²) in [6, 6.07) is 0. The first-order valence-corrected chi connectivity index (χ1v) is 5.51. The average molecular weight is 203 g/mol. The number of rotatable bonds is 4. The van der Waals surface area contributed by atoms with Gasteiger partial charge in [-0.05, 0) is 6.26 Å². The van der Waals surface area contributed by atoms with Crippen LogP contribution < -0.4 is 0 Å². The van der Waals surface area contributed by atoms with Crippen LogP contribution in [0.1, 0.15) is 6.42 Å². The van der Waals surface area contributed by atoms with Crippen LogP contribution in [0, 0.1) is 5.92 Å². The van der Waals surface area contributed by atoms with Crippen molar-refractivity contribution in [3.63, 3.8) is 0 Å². The highest BCUT2D eigenvalue weighted by Gasteiger charge is 2.31. The Morgan fingerprint density at radius 1 is 1.54 bits per heavy atom. The van der Waals surface area contributed by atoms with Crippen LogP contribution in [0.5, 0.6) is 0 Å². The summed E-state index contributed by atoms with van der Waals surface area (Å²) in [5.74, 6) is 0.0131. The Hall–Kier alpha value is -0.710. The van der Waals surface area contributed by atoms with Crippen LogP contribution in [-0.2, 0) is 9.59 Å². The number of hydrogen-bond donors (Lipinski definition) is 1. The molecule has 1 aliphatic heterocycles. The highest BCUT2D eigenvalue weighted by molar-refractivity contribution is 7.99. The maximum absolute atomic E-state index is 11.2. The van der Waals surface area contributed by atoms with Crippen molar-refractivity contribution in [1.82, 2.24) is 4.90 Å². The van der Waals surface area contributed by atoms with Gasteiger partial charge in [0.15, 0.2) is 0 Å². The standard InChI is InChI=1S/C8H13NO3S/c1-13-5-7(10)9-3-6(4-9)2-8(11)12/h6H,2-5H2,1H3,(H,11,12). The summed E-state index contributed by atoms with van der Waals surface area (Å²) in [4.78, 5) is 23.2. The van der Waals surface area contributed by atoms with Crippen molar-refractivity contribution in [2.24, 2.45) is 5.92 Å². The molecule has 0 spiro atoms. The number of carbonyl (C=O) groups excluding carboxylic acids is 1. The van der Waals surface area contributed by atoms with Gasteiger partial charge in [0.1, 0.15) is 0 Å². The lowest BCUT2D eigenvalue weighted by molar-refractivity contribution is -0.143. The minimum atomic E-state index is -0.776. The van der Waals surface area contributed by atoms with Crippen molar-refractivity contribution in [3.05, 3.63) is 0 Å². The van der Waals surface area contributed by atoms with Crippen molar-refractivity contribution < 1.29 is 14.7 Å². The molecule has 0 aromatic rings. The van der Waals surface area contributed by atoms with E-state index < -0.39 is 5.97 Å². The molecule has 0 saturated carbocycles. The molecular formula is C8H13NO3S. The van der Waals surface area contributed by atoms with Crippen LogP contribution in [0.3, 0.4) is 0 Å². The molecule has 4 nitrogen and oxygen atoms in total. The van der Waals surface area contributed by atoms with E-state index in [9.17, 15) is 9.59 Å². The second-order valence-electron chi connectivity index (χ2n) is 3.20. The summed E-state index contributed by atoms with van der Waals surface area (Å²) in [5, 5.41) is 8.47. The average Bonchev–Trinajstić information content (AvgIpc) is 1.95. The van der Waals surface area contributed by atoms with Crippen LogP contribution in [0.15, 0.2) is 0 Å². The molecule has 1 amide bonds. The summed E-state index contributed by atoms with van der Waals surface area (Å²) in [6.07, 6.45) is 2.06. The van der Waals surface area contributed by atoms with Gasteiger partial charge in [-0.2, -0.15) is 11.8 Å². The van der Waals surface area contributed by atoms with Gasteiger partial charge in [0, 0.05) is 19.0 Å². The molecule has 1 rings (SSSR count). The Kier molecular flexibility index (Phi) is 3.59. The summed E-state index contributed by atoms with van der Waals surface area (Å²) in [6.45, 7) is 1.23. The molecule has 0 bridgehead atoms. The van der Waals surface area contributed by atoms with Crippen LogP contribution in [0.4, 0.5) is 0 Å². The molecule has 0 aromatic heterocycles. The van der Waals surface area contributed by atoms with E-state index >= 15 is 0 Å². The second-order valence-corrected chi connectivity index (χ2v) is 4.06. The van der Waals surface area contributed by atoms with Gasteiger partial charge in [0.05, 0.1) is 12.2 Å². The fraction of sp³-hybridized carbons (Fsp3) is 0.750. The third-order valence-electron chi connectivity index (χ3n) is 2.04. The quantitative estimate of drug-likeness (QED) is 0.713. The molecule has 0 atom stereocenters. The molecule has 1 aliphatic rings. The number of carboxylic acids is 1. The van der Waals surface area contributed by atoms with E-state index in [-0.39, 0.29) is 18.2 Å². The van der Waals surface area contributed by atoms with Gasteiger partial charge in [-0.1, -0.05) is 0 Å². The molecule has 74 valence electrons. The molecule has 0 aromatic carbocycles. The fourth-order valence-corrected chi connectivity index (χ4v) is 1.79. The lowest BCUT2D eigenvalue weighted by atomic mass is 9.96. The lowest BCUT2D eigenvalue weighted by Gasteiger charge is -2.38. The van der Waals surface area contributed by atoms with Crippen molar-refractivity contribution in [1.29, 1.82) is 0 Å². The smallest absolute Gasteiger partial charge is 0.303 e. The predicted octanol–water partition coefficient (Wildman–Crippen LogP) is 0.283. The van der Waals surface area contributed by atoms with E-state index in [0.717, 1.165) is 0 Å². The topological polar surface area (TPSA) is 57.6 Å². The predicted molar refractivity (Wildman–Crippen MR) is 50.7 cm³/mol. The number of likely N-dealkylation sites (tertiary alicyclic amines) is 1. The largest absolute Gasteiger partial charge is 0.481 e. The van der Waals surface area contributed by atoms with Gasteiger partial charge >= 0.3 is 5.97 Å². The van der Waals surface area contributed by atoms with E-state index in [1.54, 1.807) is 4.90 Å². The number of carboxylic acid groups (broad SMARTS) is 1. The van der Waals surface area contributed by atoms with Crippen LogP contribution in [0.2, 0.25) is 0 Å². The van der Waals surface area contributed by atoms with Gasteiger partial charge in [-0.25, -0.2) is 0 Å². The van der Waals surface area contributed by atoms with Crippen LogP contribution >= 0.6 is 11.8 Å². The Labute approximate surface area is 81.3 Å². The molecule has 1 N–H and O–H groups in total. The van der Waals surface area contributed by atoms with Crippen LogP contribution in [-0.4, -0.2) is 47.0 Å². The Morgan fingerprint density at radius 3 is 2.62 bits per heavy atom. The normalized spacial score (nSPS) is 16.8. The van der Waals surface area contributed by atoms with Crippen molar-refractivity contribution in [2.45, 2.75) is 6.42 Å². The molecule has 1 heterocycles. The minimum Gasteiger partial charge on any atom is -0.481 e. The summed E-state index contributed by atoms with van der Waals surface area (Å²) >= 11 is 1.49. The van der Waals surface area contributed by atoms with Crippen LogP contribution in [0.25, 0.3) is 0 Å². The Bertz CT molecular complexity index is 213. The number of amides is 1. The molecule has 1 saturated heterocycles. The number of thioether (sulfide) groups is 1. The first-order chi connectivity index (χ1) is 6.13. The lowest BCUT2D eigenvalue weighted by Crippen LogP contribution is -2.51. The highest BCUT2D eigenvalue weighted by atomic mass is 32.2. The van der Waals surface area contributed by atoms with Gasteiger partial charge < -0.3 is 10.0 Å². The number of hydrogen-bond acceptors (Lipinski definition) is 3. The molecule has 0 aliphatic carbocycles. The zero-order valence-electron chi connectivity index (χ0n) is 7.52. The third kappa shape index (κ3) is 2.91.